The molecule has 4 rings (SSSR count). The highest BCUT2D eigenvalue weighted by atomic mass is 79.9. The van der Waals surface area contributed by atoms with Gasteiger partial charge in [-0.15, -0.1) is 17.0 Å². The summed E-state index contributed by atoms with van der Waals surface area (Å²) in [5, 5.41) is 14.7. The lowest BCUT2D eigenvalue weighted by atomic mass is 10.3. The molecule has 1 heterocycles. The highest BCUT2D eigenvalue weighted by Gasteiger charge is 2.48. The van der Waals surface area contributed by atoms with Crippen molar-refractivity contribution in [2.75, 3.05) is 0 Å². The van der Waals surface area contributed by atoms with Gasteiger partial charge in [0.15, 0.2) is 6.16 Å². The van der Waals surface area contributed by atoms with Gasteiger partial charge in [-0.1, -0.05) is 54.6 Å². The van der Waals surface area contributed by atoms with Crippen molar-refractivity contribution in [1.29, 1.82) is 0 Å². The maximum absolute atomic E-state index is 10.7. The molecule has 4 aromatic rings. The number of rotatable bonds is 5. The number of benzene rings is 3. The van der Waals surface area contributed by atoms with Crippen LogP contribution in [0.25, 0.3) is 0 Å². The van der Waals surface area contributed by atoms with Crippen LogP contribution < -0.4 is 20.6 Å². The summed E-state index contributed by atoms with van der Waals surface area (Å²) in [4.78, 5) is 0. The van der Waals surface area contributed by atoms with Crippen molar-refractivity contribution in [3.63, 3.8) is 0 Å². The monoisotopic (exact) mass is 465 g/mol. The fourth-order valence-corrected chi connectivity index (χ4v) is 8.01. The fraction of sp³-hybridized carbons (Fsp3) is 0.0800. The zero-order chi connectivity index (χ0) is 19.4. The Balaban J connectivity index is 0.00000240. The molecule has 1 N–H and O–H groups in total. The molecule has 2 nitrogen and oxygen atoms in total. The first-order chi connectivity index (χ1) is 13.7. The van der Waals surface area contributed by atoms with Gasteiger partial charge in [-0.2, -0.15) is 0 Å². The minimum Gasteiger partial charge on any atom is -0.284 e. The Morgan fingerprint density at radius 1 is 0.621 bits per heavy atom. The Morgan fingerprint density at radius 2 is 1.03 bits per heavy atom. The summed E-state index contributed by atoms with van der Waals surface area (Å²) in [6.07, 6.45) is 0.753. The molecular weight excluding hydrogens is 441 g/mol. The standard InChI is InChI=1S/C25H24NOP.BrH/c1-21-12-11-13-22(26(21)27)20-28(23-14-5-2-6-15-23,24-16-7-3-8-17-24)25-18-9-4-10-19-25;/h2-19,27H,20H2,1H3;1H/q+2;. The largest absolute Gasteiger partial charge is 0.284 e. The van der Waals surface area contributed by atoms with Gasteiger partial charge in [-0.05, 0) is 42.5 Å². The van der Waals surface area contributed by atoms with Gasteiger partial charge in [0.25, 0.3) is 5.69 Å². The Hall–Kier alpha value is -2.48. The van der Waals surface area contributed by atoms with E-state index in [0.29, 0.717) is 0 Å². The van der Waals surface area contributed by atoms with Crippen molar-refractivity contribution in [2.24, 2.45) is 0 Å². The first kappa shape index (κ1) is 21.2. The molecule has 3 aromatic carbocycles. The second-order valence-corrected chi connectivity index (χ2v) is 10.4. The van der Waals surface area contributed by atoms with Crippen LogP contribution in [0.15, 0.2) is 109 Å². The van der Waals surface area contributed by atoms with Gasteiger partial charge in [-0.25, -0.2) is 0 Å². The number of pyridine rings is 1. The number of nitrogens with zero attached hydrogens (tertiary/aromatic N) is 1. The highest BCUT2D eigenvalue weighted by molar-refractivity contribution is 8.93. The van der Waals surface area contributed by atoms with E-state index >= 15 is 0 Å². The summed E-state index contributed by atoms with van der Waals surface area (Å²) >= 11 is 0. The van der Waals surface area contributed by atoms with Crippen LogP contribution in [0.2, 0.25) is 0 Å². The smallest absolute Gasteiger partial charge is 0.272 e. The van der Waals surface area contributed by atoms with Crippen LogP contribution in [-0.4, -0.2) is 5.21 Å². The molecule has 0 aliphatic carbocycles. The van der Waals surface area contributed by atoms with E-state index in [-0.39, 0.29) is 17.0 Å². The molecule has 29 heavy (non-hydrogen) atoms. The van der Waals surface area contributed by atoms with E-state index in [1.165, 1.54) is 20.6 Å². The third-order valence-corrected chi connectivity index (χ3v) is 9.56. The summed E-state index contributed by atoms with van der Waals surface area (Å²) in [5.74, 6) is 0. The number of aromatic nitrogens is 1. The maximum Gasteiger partial charge on any atom is 0.272 e. The van der Waals surface area contributed by atoms with Crippen LogP contribution in [0.3, 0.4) is 0 Å². The number of aryl methyl sites for hydroxylation is 1. The Bertz CT molecular complexity index is 959. The second kappa shape index (κ2) is 9.35. The lowest BCUT2D eigenvalue weighted by molar-refractivity contribution is -0.913. The molecule has 1 aromatic heterocycles. The van der Waals surface area contributed by atoms with Crippen molar-refractivity contribution in [3.05, 3.63) is 121 Å². The average Bonchev–Trinajstić information content (AvgIpc) is 2.77. The second-order valence-electron chi connectivity index (χ2n) is 6.94. The predicted molar refractivity (Wildman–Crippen MR) is 128 cm³/mol. The zero-order valence-corrected chi connectivity index (χ0v) is 19.0. The first-order valence-corrected chi connectivity index (χ1v) is 11.4. The van der Waals surface area contributed by atoms with Gasteiger partial charge in [0.1, 0.15) is 23.2 Å². The van der Waals surface area contributed by atoms with Gasteiger partial charge < -0.3 is 0 Å². The van der Waals surface area contributed by atoms with Crippen LogP contribution in [0.1, 0.15) is 11.4 Å². The van der Waals surface area contributed by atoms with E-state index < -0.39 is 7.26 Å². The van der Waals surface area contributed by atoms with Crippen molar-refractivity contribution >= 4 is 40.2 Å². The van der Waals surface area contributed by atoms with E-state index in [1.54, 1.807) is 0 Å². The van der Waals surface area contributed by atoms with Gasteiger partial charge in [0, 0.05) is 23.8 Å². The Labute approximate surface area is 183 Å². The molecule has 0 fully saturated rings. The number of halogens is 1. The molecule has 0 radical (unpaired) electrons. The molecule has 0 aliphatic rings. The lowest BCUT2D eigenvalue weighted by Gasteiger charge is -2.26. The summed E-state index contributed by atoms with van der Waals surface area (Å²) in [6.45, 7) is 1.93. The van der Waals surface area contributed by atoms with Crippen LogP contribution >= 0.6 is 24.2 Å². The van der Waals surface area contributed by atoms with Crippen molar-refractivity contribution < 1.29 is 9.94 Å². The molecular formula is C25H25BrNOP+2. The quantitative estimate of drug-likeness (QED) is 0.260. The van der Waals surface area contributed by atoms with Crippen molar-refractivity contribution in [3.8, 4) is 0 Å². The highest BCUT2D eigenvalue weighted by Crippen LogP contribution is 2.57. The Morgan fingerprint density at radius 3 is 1.45 bits per heavy atom. The molecule has 0 unspecified atom stereocenters. The van der Waals surface area contributed by atoms with E-state index in [4.69, 9.17) is 0 Å². The van der Waals surface area contributed by atoms with Crippen LogP contribution in [0.5, 0.6) is 0 Å². The van der Waals surface area contributed by atoms with E-state index in [2.05, 4.69) is 91.0 Å². The molecule has 4 heteroatoms. The minimum absolute atomic E-state index is 0. The summed E-state index contributed by atoms with van der Waals surface area (Å²) in [5.41, 5.74) is 1.76. The SMILES string of the molecule is Br.Cc1cccc(C[P+](c2ccccc2)(c2ccccc2)c2ccccc2)[n+]1O. The van der Waals surface area contributed by atoms with Crippen LogP contribution in [-0.2, 0) is 6.16 Å². The maximum atomic E-state index is 10.7. The van der Waals surface area contributed by atoms with Crippen LogP contribution in [0, 0.1) is 6.92 Å². The molecule has 0 spiro atoms. The van der Waals surface area contributed by atoms with Gasteiger partial charge in [0.2, 0.25) is 5.69 Å². The molecule has 0 atom stereocenters. The summed E-state index contributed by atoms with van der Waals surface area (Å²) in [6, 6.07) is 38.2. The normalized spacial score (nSPS) is 10.9. The fourth-order valence-electron chi connectivity index (χ4n) is 3.80. The lowest BCUT2D eigenvalue weighted by Crippen LogP contribution is -2.41. The molecule has 146 valence electrons. The van der Waals surface area contributed by atoms with E-state index in [9.17, 15) is 5.21 Å². The zero-order valence-electron chi connectivity index (χ0n) is 16.3. The topological polar surface area (TPSA) is 24.1 Å². The Kier molecular flexibility index (Phi) is 6.84. The van der Waals surface area contributed by atoms with E-state index in [0.717, 1.165) is 17.5 Å². The summed E-state index contributed by atoms with van der Waals surface area (Å²) in [7, 11) is -2.00. The molecule has 0 saturated carbocycles. The molecule has 0 saturated heterocycles. The predicted octanol–water partition coefficient (Wildman–Crippen LogP) is 4.59. The van der Waals surface area contributed by atoms with Crippen LogP contribution in [0.4, 0.5) is 0 Å². The molecule has 0 aliphatic heterocycles. The third-order valence-electron chi connectivity index (χ3n) is 5.22. The first-order valence-electron chi connectivity index (χ1n) is 9.46. The summed E-state index contributed by atoms with van der Waals surface area (Å²) < 4.78 is 1.34. The van der Waals surface area contributed by atoms with E-state index in [1.807, 2.05) is 25.1 Å². The average molecular weight is 466 g/mol. The number of hydrogen-bond donors (Lipinski definition) is 1. The van der Waals surface area contributed by atoms with Gasteiger partial charge in [-0.3, -0.25) is 5.21 Å². The minimum atomic E-state index is -2.00. The van der Waals surface area contributed by atoms with Gasteiger partial charge in [0.05, 0.1) is 0 Å². The third kappa shape index (κ3) is 4.12. The molecule has 0 amide bonds. The number of hydrogen-bond acceptors (Lipinski definition) is 1. The van der Waals surface area contributed by atoms with Gasteiger partial charge >= 0.3 is 0 Å². The van der Waals surface area contributed by atoms with Crippen molar-refractivity contribution in [1.82, 2.24) is 0 Å². The van der Waals surface area contributed by atoms with Crippen molar-refractivity contribution in [2.45, 2.75) is 13.1 Å². The molecule has 0 bridgehead atoms.